The van der Waals surface area contributed by atoms with Gasteiger partial charge in [-0.2, -0.15) is 0 Å². The van der Waals surface area contributed by atoms with Crippen LogP contribution in [0, 0.1) is 0 Å². The zero-order valence-corrected chi connectivity index (χ0v) is 7.15. The van der Waals surface area contributed by atoms with Crippen LogP contribution in [0.4, 0.5) is 0 Å². The number of rotatable bonds is 3. The summed E-state index contributed by atoms with van der Waals surface area (Å²) in [6, 6.07) is 0. The van der Waals surface area contributed by atoms with Gasteiger partial charge in [-0.15, -0.1) is 0 Å². The third kappa shape index (κ3) is 5.36. The van der Waals surface area contributed by atoms with Crippen LogP contribution in [0.5, 0.6) is 0 Å². The lowest BCUT2D eigenvalue weighted by Gasteiger charge is -1.91. The summed E-state index contributed by atoms with van der Waals surface area (Å²) in [5.74, 6) is 0. The summed E-state index contributed by atoms with van der Waals surface area (Å²) in [4.78, 5) is 0. The summed E-state index contributed by atoms with van der Waals surface area (Å²) in [5.41, 5.74) is 2.52. The minimum atomic E-state index is 1.04. The molecule has 0 aromatic carbocycles. The molecule has 0 N–H and O–H groups in total. The standard InChI is InChI=1S/C10H16/c1-5-10(4)8-6-7-9(2)3/h5-7H,2,8H2,1,3-4H3/b7-6+,10-5?. The van der Waals surface area contributed by atoms with Crippen molar-refractivity contribution in [2.75, 3.05) is 0 Å². The van der Waals surface area contributed by atoms with Gasteiger partial charge in [0.15, 0.2) is 0 Å². The molecular formula is C10H16. The van der Waals surface area contributed by atoms with Crippen molar-refractivity contribution in [3.05, 3.63) is 36.0 Å². The van der Waals surface area contributed by atoms with E-state index in [0.717, 1.165) is 12.0 Å². The van der Waals surface area contributed by atoms with Gasteiger partial charge in [0.2, 0.25) is 0 Å². The number of allylic oxidation sites excluding steroid dienone is 5. The topological polar surface area (TPSA) is 0 Å². The van der Waals surface area contributed by atoms with Gasteiger partial charge in [0.25, 0.3) is 0 Å². The average molecular weight is 136 g/mol. The first-order valence-corrected chi connectivity index (χ1v) is 3.60. The van der Waals surface area contributed by atoms with Gasteiger partial charge in [0.1, 0.15) is 0 Å². The molecule has 0 saturated heterocycles. The third-order valence-electron chi connectivity index (χ3n) is 1.33. The summed E-state index contributed by atoms with van der Waals surface area (Å²) in [6.45, 7) is 9.96. The molecule has 0 unspecified atom stereocenters. The van der Waals surface area contributed by atoms with Gasteiger partial charge < -0.3 is 0 Å². The molecule has 0 rings (SSSR count). The molecule has 0 heterocycles. The molecule has 0 amide bonds. The lowest BCUT2D eigenvalue weighted by molar-refractivity contribution is 1.19. The normalized spacial score (nSPS) is 12.5. The fourth-order valence-corrected chi connectivity index (χ4v) is 0.564. The van der Waals surface area contributed by atoms with Crippen molar-refractivity contribution in [2.45, 2.75) is 27.2 Å². The molecule has 0 nitrogen and oxygen atoms in total. The monoisotopic (exact) mass is 136 g/mol. The van der Waals surface area contributed by atoms with Crippen LogP contribution in [0.3, 0.4) is 0 Å². The molecule has 56 valence electrons. The van der Waals surface area contributed by atoms with Gasteiger partial charge in [-0.25, -0.2) is 0 Å². The fourth-order valence-electron chi connectivity index (χ4n) is 0.564. The van der Waals surface area contributed by atoms with Crippen molar-refractivity contribution < 1.29 is 0 Å². The van der Waals surface area contributed by atoms with Gasteiger partial charge in [0.05, 0.1) is 0 Å². The quantitative estimate of drug-likeness (QED) is 0.411. The van der Waals surface area contributed by atoms with Crippen LogP contribution in [0.15, 0.2) is 36.0 Å². The molecule has 0 radical (unpaired) electrons. The lowest BCUT2D eigenvalue weighted by Crippen LogP contribution is -1.70. The van der Waals surface area contributed by atoms with Crippen molar-refractivity contribution in [1.82, 2.24) is 0 Å². The second kappa shape index (κ2) is 5.04. The van der Waals surface area contributed by atoms with E-state index in [1.165, 1.54) is 5.57 Å². The largest absolute Gasteiger partial charge is 0.0961 e. The van der Waals surface area contributed by atoms with E-state index in [2.05, 4.69) is 32.6 Å². The summed E-state index contributed by atoms with van der Waals surface area (Å²) in [7, 11) is 0. The molecule has 0 heteroatoms. The van der Waals surface area contributed by atoms with Crippen molar-refractivity contribution in [2.24, 2.45) is 0 Å². The lowest BCUT2D eigenvalue weighted by atomic mass is 10.2. The van der Waals surface area contributed by atoms with Gasteiger partial charge in [-0.05, 0) is 27.2 Å². The summed E-state index contributed by atoms with van der Waals surface area (Å²) < 4.78 is 0. The van der Waals surface area contributed by atoms with E-state index >= 15 is 0 Å². The molecule has 0 aliphatic heterocycles. The van der Waals surface area contributed by atoms with Crippen LogP contribution in [0.1, 0.15) is 27.2 Å². The van der Waals surface area contributed by atoms with Crippen LogP contribution >= 0.6 is 0 Å². The first-order valence-electron chi connectivity index (χ1n) is 3.60. The van der Waals surface area contributed by atoms with E-state index in [0.29, 0.717) is 0 Å². The molecule has 0 fully saturated rings. The fraction of sp³-hybridized carbons (Fsp3) is 0.400. The average Bonchev–Trinajstić information content (AvgIpc) is 1.87. The predicted octanol–water partition coefficient (Wildman–Crippen LogP) is 3.48. The number of hydrogen-bond acceptors (Lipinski definition) is 0. The zero-order valence-electron chi connectivity index (χ0n) is 7.15. The Kier molecular flexibility index (Phi) is 4.65. The van der Waals surface area contributed by atoms with Gasteiger partial charge in [-0.3, -0.25) is 0 Å². The molecule has 0 aromatic heterocycles. The Balaban J connectivity index is 3.64. The Hall–Kier alpha value is -0.780. The summed E-state index contributed by atoms with van der Waals surface area (Å²) >= 11 is 0. The Morgan fingerprint density at radius 3 is 2.40 bits per heavy atom. The Morgan fingerprint density at radius 1 is 1.40 bits per heavy atom. The van der Waals surface area contributed by atoms with Crippen LogP contribution in [-0.2, 0) is 0 Å². The van der Waals surface area contributed by atoms with Gasteiger partial charge in [-0.1, -0.05) is 36.0 Å². The molecule has 0 bridgehead atoms. The third-order valence-corrected chi connectivity index (χ3v) is 1.33. The van der Waals surface area contributed by atoms with Crippen molar-refractivity contribution in [3.8, 4) is 0 Å². The van der Waals surface area contributed by atoms with E-state index in [-0.39, 0.29) is 0 Å². The van der Waals surface area contributed by atoms with Crippen molar-refractivity contribution in [3.63, 3.8) is 0 Å². The van der Waals surface area contributed by atoms with E-state index in [1.807, 2.05) is 13.0 Å². The SMILES string of the molecule is C=C(C)/C=C/CC(C)=CC. The first-order chi connectivity index (χ1) is 4.66. The molecule has 0 atom stereocenters. The second-order valence-corrected chi connectivity index (χ2v) is 2.59. The molecule has 0 saturated carbocycles. The Morgan fingerprint density at radius 2 is 2.00 bits per heavy atom. The molecule has 0 aliphatic carbocycles. The van der Waals surface area contributed by atoms with Crippen LogP contribution in [-0.4, -0.2) is 0 Å². The maximum Gasteiger partial charge on any atom is -0.0138 e. The predicted molar refractivity (Wildman–Crippen MR) is 48.0 cm³/mol. The molecule has 0 aromatic rings. The van der Waals surface area contributed by atoms with E-state index in [9.17, 15) is 0 Å². The molecular weight excluding hydrogens is 120 g/mol. The highest BCUT2D eigenvalue weighted by molar-refractivity contribution is 5.14. The highest BCUT2D eigenvalue weighted by atomic mass is 13.9. The van der Waals surface area contributed by atoms with Crippen LogP contribution in [0.25, 0.3) is 0 Å². The van der Waals surface area contributed by atoms with E-state index < -0.39 is 0 Å². The highest BCUT2D eigenvalue weighted by Crippen LogP contribution is 2.01. The van der Waals surface area contributed by atoms with Crippen molar-refractivity contribution in [1.29, 1.82) is 0 Å². The van der Waals surface area contributed by atoms with Crippen LogP contribution in [0.2, 0.25) is 0 Å². The minimum Gasteiger partial charge on any atom is -0.0961 e. The second-order valence-electron chi connectivity index (χ2n) is 2.59. The number of hydrogen-bond donors (Lipinski definition) is 0. The van der Waals surface area contributed by atoms with Crippen LogP contribution < -0.4 is 0 Å². The van der Waals surface area contributed by atoms with E-state index in [1.54, 1.807) is 0 Å². The molecule has 10 heavy (non-hydrogen) atoms. The Bertz CT molecular complexity index is 159. The highest BCUT2D eigenvalue weighted by Gasteiger charge is 1.80. The molecule has 0 aliphatic rings. The summed E-state index contributed by atoms with van der Waals surface area (Å²) in [6.07, 6.45) is 7.36. The minimum absolute atomic E-state index is 1.04. The molecule has 0 spiro atoms. The smallest absolute Gasteiger partial charge is 0.0138 e. The van der Waals surface area contributed by atoms with Crippen molar-refractivity contribution >= 4 is 0 Å². The van der Waals surface area contributed by atoms with Gasteiger partial charge >= 0.3 is 0 Å². The first kappa shape index (κ1) is 9.22. The summed E-state index contributed by atoms with van der Waals surface area (Å²) in [5, 5.41) is 0. The maximum absolute atomic E-state index is 3.77. The Labute approximate surface area is 64.0 Å². The van der Waals surface area contributed by atoms with Gasteiger partial charge in [0, 0.05) is 0 Å². The zero-order chi connectivity index (χ0) is 7.98. The maximum atomic E-state index is 3.77. The van der Waals surface area contributed by atoms with E-state index in [4.69, 9.17) is 0 Å².